The van der Waals surface area contributed by atoms with Crippen LogP contribution >= 0.6 is 0 Å². The summed E-state index contributed by atoms with van der Waals surface area (Å²) >= 11 is 0. The Morgan fingerprint density at radius 1 is 0.561 bits per heavy atom. The monoisotopic (exact) mass is 590 g/mol. The second-order valence-electron chi connectivity index (χ2n) is 11.8. The molecule has 2 aromatic carbocycles. The van der Waals surface area contributed by atoms with Crippen LogP contribution in [0.3, 0.4) is 0 Å². The van der Waals surface area contributed by atoms with E-state index in [0.29, 0.717) is 0 Å². The molecule has 0 saturated heterocycles. The first-order valence-corrected chi connectivity index (χ1v) is 16.6. The summed E-state index contributed by atoms with van der Waals surface area (Å²) in [6.45, 7) is 3.63. The van der Waals surface area contributed by atoms with Gasteiger partial charge in [-0.05, 0) is 61.4 Å². The van der Waals surface area contributed by atoms with Gasteiger partial charge in [-0.15, -0.1) is 0 Å². The number of unbranched alkanes of at least 4 members (excludes halogenated alkanes) is 13. The number of nitrogens with zero attached hydrogens (tertiary/aromatic N) is 1. The fourth-order valence-electron chi connectivity index (χ4n) is 4.47. The predicted molar refractivity (Wildman–Crippen MR) is 165 cm³/mol. The fraction of sp³-hybridized carbons (Fsp3) is 0.576. The molecule has 0 aliphatic carbocycles. The molecule has 0 atom stereocenters. The van der Waals surface area contributed by atoms with Crippen LogP contribution in [-0.2, 0) is 9.84 Å². The highest BCUT2D eigenvalue weighted by Gasteiger charge is 2.18. The molecular formula is C33H52NO6S+. The second kappa shape index (κ2) is 19.4. The van der Waals surface area contributed by atoms with Crippen molar-refractivity contribution < 1.29 is 32.7 Å². The fourth-order valence-corrected chi connectivity index (χ4v) is 5.73. The summed E-state index contributed by atoms with van der Waals surface area (Å²) in [5.74, 6) is -2.30. The lowest BCUT2D eigenvalue weighted by molar-refractivity contribution is -0.870. The van der Waals surface area contributed by atoms with E-state index in [4.69, 9.17) is 10.2 Å². The molecule has 230 valence electrons. The zero-order chi connectivity index (χ0) is 30.7. The van der Waals surface area contributed by atoms with Crippen LogP contribution in [0, 0.1) is 0 Å². The number of carboxylic acid groups (broad SMARTS) is 2. The van der Waals surface area contributed by atoms with Crippen LogP contribution in [0.2, 0.25) is 0 Å². The highest BCUT2D eigenvalue weighted by molar-refractivity contribution is 7.91. The summed E-state index contributed by atoms with van der Waals surface area (Å²) < 4.78 is 25.7. The zero-order valence-electron chi connectivity index (χ0n) is 25.6. The van der Waals surface area contributed by atoms with E-state index in [0.717, 1.165) is 4.48 Å². The van der Waals surface area contributed by atoms with Crippen LogP contribution in [0.4, 0.5) is 0 Å². The van der Waals surface area contributed by atoms with Gasteiger partial charge in [-0.25, -0.2) is 18.0 Å². The number of hydrogen-bond donors (Lipinski definition) is 2. The van der Waals surface area contributed by atoms with Crippen molar-refractivity contribution in [2.24, 2.45) is 0 Å². The lowest BCUT2D eigenvalue weighted by Gasteiger charge is -2.23. The number of benzene rings is 2. The van der Waals surface area contributed by atoms with Crippen LogP contribution < -0.4 is 0 Å². The predicted octanol–water partition coefficient (Wildman–Crippen LogP) is 8.09. The van der Waals surface area contributed by atoms with Crippen molar-refractivity contribution in [3.63, 3.8) is 0 Å². The molecule has 0 bridgehead atoms. The minimum absolute atomic E-state index is 0.0184. The first-order chi connectivity index (χ1) is 19.4. The largest absolute Gasteiger partial charge is 0.478 e. The van der Waals surface area contributed by atoms with Gasteiger partial charge in [0.1, 0.15) is 0 Å². The zero-order valence-corrected chi connectivity index (χ0v) is 26.4. The first kappa shape index (κ1) is 36.3. The summed E-state index contributed by atoms with van der Waals surface area (Å²) in [4.78, 5) is 21.3. The van der Waals surface area contributed by atoms with Crippen LogP contribution in [0.25, 0.3) is 0 Å². The third kappa shape index (κ3) is 15.8. The molecule has 41 heavy (non-hydrogen) atoms. The molecule has 8 heteroatoms. The lowest BCUT2D eigenvalue weighted by Crippen LogP contribution is -2.35. The molecule has 0 amide bonds. The maximum Gasteiger partial charge on any atom is 0.335 e. The Bertz CT molecular complexity index is 1060. The molecule has 0 heterocycles. The third-order valence-corrected chi connectivity index (χ3v) is 8.79. The van der Waals surface area contributed by atoms with Crippen molar-refractivity contribution in [3.8, 4) is 0 Å². The maximum atomic E-state index is 12.3. The van der Waals surface area contributed by atoms with E-state index in [1.807, 2.05) is 0 Å². The van der Waals surface area contributed by atoms with Crippen LogP contribution in [0.1, 0.15) is 118 Å². The topological polar surface area (TPSA) is 109 Å². The van der Waals surface area contributed by atoms with Gasteiger partial charge in [-0.1, -0.05) is 84.0 Å². The number of quaternary nitrogens is 1. The molecule has 0 spiro atoms. The lowest BCUT2D eigenvalue weighted by atomic mass is 10.0. The average Bonchev–Trinajstić information content (AvgIpc) is 2.93. The Labute approximate surface area is 248 Å². The average molecular weight is 591 g/mol. The highest BCUT2D eigenvalue weighted by Crippen LogP contribution is 2.22. The Kier molecular flexibility index (Phi) is 17.2. The summed E-state index contributed by atoms with van der Waals surface area (Å²) in [5, 5.41) is 17.5. The summed E-state index contributed by atoms with van der Waals surface area (Å²) in [7, 11) is 3.07. The minimum atomic E-state index is -3.81. The van der Waals surface area contributed by atoms with Gasteiger partial charge < -0.3 is 14.7 Å². The molecule has 0 radical (unpaired) electrons. The molecular weight excluding hydrogens is 538 g/mol. The Morgan fingerprint density at radius 3 is 1.12 bits per heavy atom. The van der Waals surface area contributed by atoms with Gasteiger partial charge in [0, 0.05) is 0 Å². The second-order valence-corrected chi connectivity index (χ2v) is 13.7. The smallest absolute Gasteiger partial charge is 0.335 e. The highest BCUT2D eigenvalue weighted by atomic mass is 32.2. The number of aromatic carboxylic acids is 2. The number of rotatable bonds is 19. The normalized spacial score (nSPS) is 11.5. The first-order valence-electron chi connectivity index (χ1n) is 15.1. The van der Waals surface area contributed by atoms with Crippen molar-refractivity contribution >= 4 is 21.8 Å². The number of carbonyl (C=O) groups is 2. The molecule has 0 aromatic heterocycles. The van der Waals surface area contributed by atoms with E-state index < -0.39 is 21.8 Å². The third-order valence-electron chi connectivity index (χ3n) is 7.01. The van der Waals surface area contributed by atoms with Crippen LogP contribution in [-0.4, -0.2) is 62.7 Å². The van der Waals surface area contributed by atoms with E-state index in [-0.39, 0.29) is 20.9 Å². The molecule has 0 unspecified atom stereocenters. The van der Waals surface area contributed by atoms with Crippen molar-refractivity contribution in [1.29, 1.82) is 0 Å². The summed E-state index contributed by atoms with van der Waals surface area (Å²) in [6, 6.07) is 9.57. The van der Waals surface area contributed by atoms with Crippen molar-refractivity contribution in [3.05, 3.63) is 59.7 Å². The van der Waals surface area contributed by atoms with E-state index in [2.05, 4.69) is 28.1 Å². The maximum absolute atomic E-state index is 12.3. The minimum Gasteiger partial charge on any atom is -0.478 e. The summed E-state index contributed by atoms with van der Waals surface area (Å²) in [6.07, 6.45) is 20.4. The molecule has 2 aromatic rings. The number of hydrogen-bond acceptors (Lipinski definition) is 4. The van der Waals surface area contributed by atoms with Crippen molar-refractivity contribution in [2.45, 2.75) is 107 Å². The van der Waals surface area contributed by atoms with Gasteiger partial charge >= 0.3 is 11.9 Å². The van der Waals surface area contributed by atoms with Gasteiger partial charge in [-0.2, -0.15) is 0 Å². The molecule has 0 fully saturated rings. The van der Waals surface area contributed by atoms with Crippen molar-refractivity contribution in [1.82, 2.24) is 0 Å². The molecule has 0 aliphatic rings. The van der Waals surface area contributed by atoms with Gasteiger partial charge in [-0.3, -0.25) is 0 Å². The Balaban J connectivity index is 0.000000411. The van der Waals surface area contributed by atoms with Gasteiger partial charge in [0.2, 0.25) is 9.84 Å². The number of sulfone groups is 1. The molecule has 2 rings (SSSR count). The molecule has 0 saturated carbocycles. The molecule has 0 aliphatic heterocycles. The van der Waals surface area contributed by atoms with Gasteiger partial charge in [0.25, 0.3) is 0 Å². The van der Waals surface area contributed by atoms with E-state index >= 15 is 0 Å². The Morgan fingerprint density at radius 2 is 0.854 bits per heavy atom. The Hall–Kier alpha value is -2.71. The summed E-state index contributed by atoms with van der Waals surface area (Å²) in [5.41, 5.74) is -0.0367. The standard InChI is InChI=1S/C19H42N.C14H10O6S/c1-5-6-7-8-9-10-11-12-13-14-15-16-17-18-19-20(2,3)4;15-13(16)9-1-5-11(6-2-9)21(19,20)12-7-3-10(4-8-12)14(17)18/h5-19H2,1-4H3;1-8H,(H,15,16)(H,17,18)/q+1;. The molecule has 2 N–H and O–H groups in total. The van der Waals surface area contributed by atoms with Gasteiger partial charge in [0.05, 0.1) is 48.6 Å². The quantitative estimate of drug-likeness (QED) is 0.126. The van der Waals surface area contributed by atoms with Crippen LogP contribution in [0.15, 0.2) is 58.3 Å². The molecule has 7 nitrogen and oxygen atoms in total. The number of carboxylic acids is 2. The van der Waals surface area contributed by atoms with E-state index in [9.17, 15) is 18.0 Å². The van der Waals surface area contributed by atoms with Gasteiger partial charge in [0.15, 0.2) is 0 Å². The van der Waals surface area contributed by atoms with Crippen LogP contribution in [0.5, 0.6) is 0 Å². The van der Waals surface area contributed by atoms with E-state index in [1.54, 1.807) is 0 Å². The van der Waals surface area contributed by atoms with E-state index in [1.165, 1.54) is 145 Å². The van der Waals surface area contributed by atoms with Crippen molar-refractivity contribution in [2.75, 3.05) is 27.7 Å². The SMILES string of the molecule is CCCCCCCCCCCCCCCC[N+](C)(C)C.O=C(O)c1ccc(S(=O)(=O)c2ccc(C(=O)O)cc2)cc1.